The van der Waals surface area contributed by atoms with Gasteiger partial charge in [-0.05, 0) is 48.5 Å². The van der Waals surface area contributed by atoms with Crippen molar-refractivity contribution in [1.29, 1.82) is 0 Å². The van der Waals surface area contributed by atoms with Crippen LogP contribution >= 0.6 is 0 Å². The number of nitrogens with zero attached hydrogens (tertiary/aromatic N) is 1. The van der Waals surface area contributed by atoms with Crippen LogP contribution in [0.25, 0.3) is 0 Å². The largest absolute Gasteiger partial charge is 0.277 e. The molecule has 0 unspecified atom stereocenters. The average Bonchev–Trinajstić information content (AvgIpc) is 2.95. The molecule has 0 radical (unpaired) electrons. The molecule has 0 saturated heterocycles. The lowest BCUT2D eigenvalue weighted by Gasteiger charge is -2.15. The summed E-state index contributed by atoms with van der Waals surface area (Å²) in [6.45, 7) is 0. The maximum atomic E-state index is 13.7. The molecule has 0 fully saturated rings. The maximum absolute atomic E-state index is 13.7. The van der Waals surface area contributed by atoms with Crippen LogP contribution in [0.15, 0.2) is 77.7 Å². The molecule has 4 rings (SSSR count). The Kier molecular flexibility index (Phi) is 4.20. The highest BCUT2D eigenvalue weighted by atomic mass is 32.2. The highest BCUT2D eigenvalue weighted by Crippen LogP contribution is 2.29. The van der Waals surface area contributed by atoms with E-state index in [4.69, 9.17) is 0 Å². The first-order valence-electron chi connectivity index (χ1n) is 8.24. The van der Waals surface area contributed by atoms with Gasteiger partial charge in [0.25, 0.3) is 21.8 Å². The Morgan fingerprint density at radius 3 is 1.86 bits per heavy atom. The molecule has 0 aromatic heterocycles. The van der Waals surface area contributed by atoms with Crippen molar-refractivity contribution >= 4 is 33.2 Å². The Balaban J connectivity index is 1.62. The number of carbonyl (C=O) groups is 2. The van der Waals surface area contributed by atoms with Crippen molar-refractivity contribution in [3.05, 3.63) is 89.7 Å². The lowest BCUT2D eigenvalue weighted by Crippen LogP contribution is -2.29. The zero-order chi connectivity index (χ0) is 19.9. The highest BCUT2D eigenvalue weighted by Gasteiger charge is 2.36. The van der Waals surface area contributed by atoms with Crippen molar-refractivity contribution in [3.8, 4) is 0 Å². The molecule has 1 aliphatic heterocycles. The van der Waals surface area contributed by atoms with Crippen molar-refractivity contribution in [2.75, 3.05) is 9.62 Å². The second-order valence-electron chi connectivity index (χ2n) is 6.07. The van der Waals surface area contributed by atoms with Gasteiger partial charge in [-0.1, -0.05) is 24.3 Å². The van der Waals surface area contributed by atoms with Gasteiger partial charge in [-0.15, -0.1) is 0 Å². The van der Waals surface area contributed by atoms with E-state index in [0.717, 1.165) is 11.0 Å². The van der Waals surface area contributed by atoms with Gasteiger partial charge in [-0.25, -0.2) is 17.7 Å². The van der Waals surface area contributed by atoms with Gasteiger partial charge in [-0.3, -0.25) is 14.3 Å². The molecule has 0 bridgehead atoms. The number of hydrogen-bond acceptors (Lipinski definition) is 4. The number of halogens is 1. The predicted octanol–water partition coefficient (Wildman–Crippen LogP) is 3.43. The van der Waals surface area contributed by atoms with E-state index in [2.05, 4.69) is 4.72 Å². The third-order valence-corrected chi connectivity index (χ3v) is 5.70. The maximum Gasteiger partial charge on any atom is 0.266 e. The summed E-state index contributed by atoms with van der Waals surface area (Å²) >= 11 is 0. The number of nitrogens with one attached hydrogen (secondary N) is 1. The fourth-order valence-corrected chi connectivity index (χ4v) is 4.01. The molecular formula is C20H13FN2O4S. The van der Waals surface area contributed by atoms with Crippen LogP contribution < -0.4 is 9.62 Å². The Labute approximate surface area is 160 Å². The second-order valence-corrected chi connectivity index (χ2v) is 7.75. The molecule has 0 atom stereocenters. The Bertz CT molecular complexity index is 1170. The van der Waals surface area contributed by atoms with Crippen LogP contribution in [-0.4, -0.2) is 20.2 Å². The monoisotopic (exact) mass is 396 g/mol. The summed E-state index contributed by atoms with van der Waals surface area (Å²) in [7, 11) is -4.04. The van der Waals surface area contributed by atoms with Crippen molar-refractivity contribution < 1.29 is 22.4 Å². The molecule has 1 heterocycles. The number of fused-ring (bicyclic) bond motifs is 1. The van der Waals surface area contributed by atoms with E-state index < -0.39 is 27.7 Å². The number of hydrogen-bond donors (Lipinski definition) is 1. The molecule has 2 amide bonds. The van der Waals surface area contributed by atoms with Gasteiger partial charge < -0.3 is 0 Å². The van der Waals surface area contributed by atoms with Gasteiger partial charge in [0.1, 0.15) is 5.82 Å². The number of benzene rings is 3. The summed E-state index contributed by atoms with van der Waals surface area (Å²) in [6.07, 6.45) is 0. The van der Waals surface area contributed by atoms with Crippen LogP contribution in [0.4, 0.5) is 15.8 Å². The van der Waals surface area contributed by atoms with E-state index in [1.807, 2.05) is 0 Å². The molecule has 6 nitrogen and oxygen atoms in total. The van der Waals surface area contributed by atoms with Crippen molar-refractivity contribution in [3.63, 3.8) is 0 Å². The third-order valence-electron chi connectivity index (χ3n) is 4.32. The van der Waals surface area contributed by atoms with Crippen LogP contribution in [0.5, 0.6) is 0 Å². The summed E-state index contributed by atoms with van der Waals surface area (Å²) in [6, 6.07) is 17.1. The molecule has 0 spiro atoms. The molecule has 3 aromatic rings. The average molecular weight is 396 g/mol. The molecule has 8 heteroatoms. The first-order valence-corrected chi connectivity index (χ1v) is 9.72. The van der Waals surface area contributed by atoms with E-state index in [1.54, 1.807) is 24.3 Å². The zero-order valence-electron chi connectivity index (χ0n) is 14.3. The molecule has 28 heavy (non-hydrogen) atoms. The fourth-order valence-electron chi connectivity index (χ4n) is 2.95. The summed E-state index contributed by atoms with van der Waals surface area (Å²) in [4.78, 5) is 25.9. The van der Waals surface area contributed by atoms with Gasteiger partial charge in [0, 0.05) is 0 Å². The summed E-state index contributed by atoms with van der Waals surface area (Å²) in [5.41, 5.74) is 0.666. The number of para-hydroxylation sites is 1. The molecule has 1 N–H and O–H groups in total. The second kappa shape index (κ2) is 6.58. The quantitative estimate of drug-likeness (QED) is 0.685. The van der Waals surface area contributed by atoms with E-state index in [-0.39, 0.29) is 16.3 Å². The van der Waals surface area contributed by atoms with Crippen LogP contribution in [0.1, 0.15) is 20.7 Å². The molecule has 3 aromatic carbocycles. The lowest BCUT2D eigenvalue weighted by molar-refractivity contribution is 0.0926. The molecular weight excluding hydrogens is 383 g/mol. The predicted molar refractivity (Wildman–Crippen MR) is 101 cm³/mol. The Hall–Kier alpha value is -3.52. The van der Waals surface area contributed by atoms with Crippen molar-refractivity contribution in [1.82, 2.24) is 0 Å². The number of anilines is 2. The standard InChI is InChI=1S/C20H13FN2O4S/c21-17-7-3-4-8-18(17)22-28(26,27)14-11-9-13(10-12-14)23-19(24)15-5-1-2-6-16(15)20(23)25/h1-12,22H. The van der Waals surface area contributed by atoms with Crippen molar-refractivity contribution in [2.24, 2.45) is 0 Å². The molecule has 140 valence electrons. The highest BCUT2D eigenvalue weighted by molar-refractivity contribution is 7.92. The molecule has 1 aliphatic rings. The molecule has 0 aliphatic carbocycles. The van der Waals surface area contributed by atoms with E-state index in [1.165, 1.54) is 42.5 Å². The van der Waals surface area contributed by atoms with Crippen molar-refractivity contribution in [2.45, 2.75) is 4.90 Å². The minimum absolute atomic E-state index is 0.129. The number of sulfonamides is 1. The Morgan fingerprint density at radius 1 is 0.750 bits per heavy atom. The minimum atomic E-state index is -4.04. The number of rotatable bonds is 4. The van der Waals surface area contributed by atoms with Crippen LogP contribution in [0, 0.1) is 5.82 Å². The number of amides is 2. The lowest BCUT2D eigenvalue weighted by atomic mass is 10.1. The first kappa shape index (κ1) is 17.9. The Morgan fingerprint density at radius 2 is 1.29 bits per heavy atom. The van der Waals surface area contributed by atoms with Gasteiger partial charge in [0.2, 0.25) is 0 Å². The fraction of sp³-hybridized carbons (Fsp3) is 0. The van der Waals surface area contributed by atoms with Gasteiger partial charge >= 0.3 is 0 Å². The van der Waals surface area contributed by atoms with Crippen LogP contribution in [0.2, 0.25) is 0 Å². The van der Waals surface area contributed by atoms with Gasteiger partial charge in [-0.2, -0.15) is 0 Å². The summed E-state index contributed by atoms with van der Waals surface area (Å²) in [5, 5.41) is 0. The summed E-state index contributed by atoms with van der Waals surface area (Å²) in [5.74, 6) is -1.64. The SMILES string of the molecule is O=C1c2ccccc2C(=O)N1c1ccc(S(=O)(=O)Nc2ccccc2F)cc1. The first-order chi connectivity index (χ1) is 13.4. The van der Waals surface area contributed by atoms with Gasteiger partial charge in [0.15, 0.2) is 0 Å². The van der Waals surface area contributed by atoms with E-state index in [0.29, 0.717) is 11.1 Å². The number of imide groups is 1. The topological polar surface area (TPSA) is 83.6 Å². The van der Waals surface area contributed by atoms with Crippen LogP contribution in [-0.2, 0) is 10.0 Å². The molecule has 0 saturated carbocycles. The van der Waals surface area contributed by atoms with E-state index in [9.17, 15) is 22.4 Å². The minimum Gasteiger partial charge on any atom is -0.277 e. The van der Waals surface area contributed by atoms with Gasteiger partial charge in [0.05, 0.1) is 27.4 Å². The van der Waals surface area contributed by atoms with Crippen LogP contribution in [0.3, 0.4) is 0 Å². The normalized spacial score (nSPS) is 13.5. The number of carbonyl (C=O) groups excluding carboxylic acids is 2. The smallest absolute Gasteiger partial charge is 0.266 e. The van der Waals surface area contributed by atoms with E-state index >= 15 is 0 Å². The zero-order valence-corrected chi connectivity index (χ0v) is 15.1. The summed E-state index contributed by atoms with van der Waals surface area (Å²) < 4.78 is 40.8. The third kappa shape index (κ3) is 2.93.